The van der Waals surface area contributed by atoms with Crippen molar-refractivity contribution in [1.29, 1.82) is 0 Å². The molecule has 3 rings (SSSR count). The van der Waals surface area contributed by atoms with Gasteiger partial charge in [0.15, 0.2) is 0 Å². The Balaban J connectivity index is 0.00000161. The minimum atomic E-state index is 0. The molecule has 1 fully saturated rings. The van der Waals surface area contributed by atoms with E-state index in [0.29, 0.717) is 23.5 Å². The zero-order chi connectivity index (χ0) is 13.8. The second kappa shape index (κ2) is 7.38. The third kappa shape index (κ3) is 3.92. The van der Waals surface area contributed by atoms with Crippen LogP contribution in [-0.2, 0) is 6.42 Å². The smallest absolute Gasteiger partial charge is 0.227 e. The Bertz CT molecular complexity index is 552. The van der Waals surface area contributed by atoms with Gasteiger partial charge >= 0.3 is 0 Å². The number of hydrogen-bond acceptors (Lipinski definition) is 6. The summed E-state index contributed by atoms with van der Waals surface area (Å²) in [7, 11) is 1.59. The summed E-state index contributed by atoms with van der Waals surface area (Å²) in [6.45, 7) is 2.15. The van der Waals surface area contributed by atoms with E-state index in [1.54, 1.807) is 19.4 Å². The Hall–Kier alpha value is -1.66. The van der Waals surface area contributed by atoms with Gasteiger partial charge < -0.3 is 14.6 Å². The molecule has 2 aromatic rings. The number of ether oxygens (including phenoxy) is 1. The molecule has 0 spiro atoms. The van der Waals surface area contributed by atoms with Crippen molar-refractivity contribution in [1.82, 2.24) is 20.4 Å². The van der Waals surface area contributed by atoms with Gasteiger partial charge in [-0.3, -0.25) is 0 Å². The minimum absolute atomic E-state index is 0. The molecule has 114 valence electrons. The van der Waals surface area contributed by atoms with Crippen molar-refractivity contribution in [3.63, 3.8) is 0 Å². The van der Waals surface area contributed by atoms with Gasteiger partial charge in [0.1, 0.15) is 0 Å². The lowest BCUT2D eigenvalue weighted by Crippen LogP contribution is -2.28. The molecule has 0 atom stereocenters. The van der Waals surface area contributed by atoms with E-state index in [-0.39, 0.29) is 12.4 Å². The number of hydrogen-bond donors (Lipinski definition) is 1. The third-order valence-corrected chi connectivity index (χ3v) is 3.59. The molecular formula is C14H19ClN4O2. The normalized spacial score (nSPS) is 15.5. The predicted molar refractivity (Wildman–Crippen MR) is 80.6 cm³/mol. The molecule has 0 bridgehead atoms. The molecular weight excluding hydrogens is 292 g/mol. The highest BCUT2D eigenvalue weighted by atomic mass is 35.5. The van der Waals surface area contributed by atoms with Crippen LogP contribution in [0.15, 0.2) is 22.9 Å². The van der Waals surface area contributed by atoms with Crippen molar-refractivity contribution in [3.8, 4) is 17.3 Å². The highest BCUT2D eigenvalue weighted by molar-refractivity contribution is 5.85. The van der Waals surface area contributed by atoms with Crippen LogP contribution in [0.2, 0.25) is 0 Å². The number of halogens is 1. The van der Waals surface area contributed by atoms with Crippen LogP contribution in [0.3, 0.4) is 0 Å². The van der Waals surface area contributed by atoms with Crippen molar-refractivity contribution in [2.24, 2.45) is 5.92 Å². The van der Waals surface area contributed by atoms with Crippen LogP contribution in [0.25, 0.3) is 11.4 Å². The van der Waals surface area contributed by atoms with E-state index in [1.165, 1.54) is 12.8 Å². The minimum Gasteiger partial charge on any atom is -0.481 e. The van der Waals surface area contributed by atoms with Crippen LogP contribution >= 0.6 is 12.4 Å². The molecule has 7 heteroatoms. The maximum atomic E-state index is 5.34. The Labute approximate surface area is 129 Å². The summed E-state index contributed by atoms with van der Waals surface area (Å²) in [5.74, 6) is 2.51. The fourth-order valence-electron chi connectivity index (χ4n) is 2.42. The average molecular weight is 311 g/mol. The van der Waals surface area contributed by atoms with Gasteiger partial charge in [0.25, 0.3) is 0 Å². The van der Waals surface area contributed by atoms with E-state index < -0.39 is 0 Å². The first-order chi connectivity index (χ1) is 9.85. The lowest BCUT2D eigenvalue weighted by atomic mass is 9.95. The molecule has 1 aliphatic heterocycles. The summed E-state index contributed by atoms with van der Waals surface area (Å²) in [4.78, 5) is 8.60. The van der Waals surface area contributed by atoms with Crippen LogP contribution in [-0.4, -0.2) is 35.3 Å². The van der Waals surface area contributed by atoms with Crippen LogP contribution < -0.4 is 10.1 Å². The molecule has 0 radical (unpaired) electrons. The van der Waals surface area contributed by atoms with Gasteiger partial charge in [0, 0.05) is 24.2 Å². The summed E-state index contributed by atoms with van der Waals surface area (Å²) >= 11 is 0. The van der Waals surface area contributed by atoms with E-state index in [0.717, 1.165) is 25.1 Å². The third-order valence-electron chi connectivity index (χ3n) is 3.59. The van der Waals surface area contributed by atoms with Gasteiger partial charge in [0.2, 0.25) is 17.6 Å². The Morgan fingerprint density at radius 1 is 1.33 bits per heavy atom. The van der Waals surface area contributed by atoms with Crippen molar-refractivity contribution in [2.45, 2.75) is 19.3 Å². The number of pyridine rings is 1. The molecule has 1 saturated heterocycles. The number of methoxy groups -OCH3 is 1. The molecule has 21 heavy (non-hydrogen) atoms. The van der Waals surface area contributed by atoms with E-state index in [4.69, 9.17) is 9.26 Å². The Kier molecular flexibility index (Phi) is 5.52. The first kappa shape index (κ1) is 15.7. The average Bonchev–Trinajstić information content (AvgIpc) is 2.97. The van der Waals surface area contributed by atoms with Gasteiger partial charge in [-0.1, -0.05) is 5.16 Å². The quantitative estimate of drug-likeness (QED) is 0.932. The van der Waals surface area contributed by atoms with E-state index in [9.17, 15) is 0 Å². The van der Waals surface area contributed by atoms with Crippen molar-refractivity contribution in [2.75, 3.05) is 20.2 Å². The fourth-order valence-corrected chi connectivity index (χ4v) is 2.42. The number of nitrogens with zero attached hydrogens (tertiary/aromatic N) is 3. The Morgan fingerprint density at radius 2 is 2.14 bits per heavy atom. The van der Waals surface area contributed by atoms with Crippen molar-refractivity contribution in [3.05, 3.63) is 24.2 Å². The topological polar surface area (TPSA) is 73.1 Å². The van der Waals surface area contributed by atoms with Crippen molar-refractivity contribution < 1.29 is 9.26 Å². The second-order valence-corrected chi connectivity index (χ2v) is 5.00. The molecule has 3 heterocycles. The van der Waals surface area contributed by atoms with E-state index >= 15 is 0 Å². The van der Waals surface area contributed by atoms with Crippen LogP contribution in [0.4, 0.5) is 0 Å². The van der Waals surface area contributed by atoms with E-state index in [1.807, 2.05) is 6.07 Å². The van der Waals surface area contributed by atoms with Gasteiger partial charge in [-0.05, 0) is 37.9 Å². The molecule has 1 aliphatic rings. The first-order valence-corrected chi connectivity index (χ1v) is 6.89. The van der Waals surface area contributed by atoms with Crippen LogP contribution in [0, 0.1) is 5.92 Å². The van der Waals surface area contributed by atoms with Gasteiger partial charge in [-0.15, -0.1) is 12.4 Å². The number of rotatable bonds is 4. The summed E-state index contributed by atoms with van der Waals surface area (Å²) in [6, 6.07) is 3.67. The van der Waals surface area contributed by atoms with Gasteiger partial charge in [-0.2, -0.15) is 4.98 Å². The van der Waals surface area contributed by atoms with Crippen LogP contribution in [0.1, 0.15) is 18.7 Å². The fraction of sp³-hybridized carbons (Fsp3) is 0.500. The summed E-state index contributed by atoms with van der Waals surface area (Å²) in [5.41, 5.74) is 0.839. The standard InChI is InChI=1S/C14H18N4O2.ClH/c1-19-12-3-2-11(9-16-12)14-17-13(20-18-14)8-10-4-6-15-7-5-10;/h2-3,9-10,15H,4-8H2,1H3;1H. The van der Waals surface area contributed by atoms with Crippen molar-refractivity contribution >= 4 is 12.4 Å². The number of nitrogens with one attached hydrogen (secondary N) is 1. The molecule has 0 unspecified atom stereocenters. The SMILES string of the molecule is COc1ccc(-c2noc(CC3CCNCC3)n2)cn1.Cl. The number of aromatic nitrogens is 3. The zero-order valence-electron chi connectivity index (χ0n) is 11.9. The Morgan fingerprint density at radius 3 is 2.81 bits per heavy atom. The summed E-state index contributed by atoms with van der Waals surface area (Å²) < 4.78 is 10.4. The monoisotopic (exact) mass is 310 g/mol. The van der Waals surface area contributed by atoms with Crippen LogP contribution in [0.5, 0.6) is 5.88 Å². The lowest BCUT2D eigenvalue weighted by Gasteiger charge is -2.20. The largest absolute Gasteiger partial charge is 0.481 e. The molecule has 0 saturated carbocycles. The molecule has 1 N–H and O–H groups in total. The summed E-state index contributed by atoms with van der Waals surface area (Å²) in [5, 5.41) is 7.38. The first-order valence-electron chi connectivity index (χ1n) is 6.89. The lowest BCUT2D eigenvalue weighted by molar-refractivity contribution is 0.313. The highest BCUT2D eigenvalue weighted by Gasteiger charge is 2.17. The maximum absolute atomic E-state index is 5.34. The predicted octanol–water partition coefficient (Wildman–Crippen LogP) is 2.10. The molecule has 0 aromatic carbocycles. The second-order valence-electron chi connectivity index (χ2n) is 5.00. The highest BCUT2D eigenvalue weighted by Crippen LogP contribution is 2.20. The molecule has 2 aromatic heterocycles. The molecule has 0 aliphatic carbocycles. The van der Waals surface area contributed by atoms with Gasteiger partial charge in [-0.25, -0.2) is 4.98 Å². The molecule has 0 amide bonds. The van der Waals surface area contributed by atoms with Gasteiger partial charge in [0.05, 0.1) is 7.11 Å². The maximum Gasteiger partial charge on any atom is 0.227 e. The zero-order valence-corrected chi connectivity index (χ0v) is 12.7. The molecule has 6 nitrogen and oxygen atoms in total. The number of piperidine rings is 1. The van der Waals surface area contributed by atoms with E-state index in [2.05, 4.69) is 20.4 Å². The summed E-state index contributed by atoms with van der Waals surface area (Å²) in [6.07, 6.45) is 4.89.